The molecule has 2 aromatic rings. The lowest BCUT2D eigenvalue weighted by molar-refractivity contribution is 0.354. The molecular weight excluding hydrogens is 292 g/mol. The normalized spacial score (nSPS) is 10.4. The van der Waals surface area contributed by atoms with Crippen LogP contribution in [0.25, 0.3) is 0 Å². The summed E-state index contributed by atoms with van der Waals surface area (Å²) in [4.78, 5) is 0. The van der Waals surface area contributed by atoms with Gasteiger partial charge >= 0.3 is 0 Å². The summed E-state index contributed by atoms with van der Waals surface area (Å²) in [6.45, 7) is 0. The van der Waals surface area contributed by atoms with E-state index in [4.69, 9.17) is 14.2 Å². The summed E-state index contributed by atoms with van der Waals surface area (Å²) in [6, 6.07) is 11.6. The first-order chi connectivity index (χ1) is 11.2. The third kappa shape index (κ3) is 4.55. The van der Waals surface area contributed by atoms with Gasteiger partial charge in [0.15, 0.2) is 23.0 Å². The fourth-order valence-corrected chi connectivity index (χ4v) is 2.57. The Hall–Kier alpha value is -2.36. The van der Waals surface area contributed by atoms with Crippen LogP contribution in [0.15, 0.2) is 36.4 Å². The first-order valence-corrected chi connectivity index (χ1v) is 7.74. The van der Waals surface area contributed by atoms with E-state index in [1.165, 1.54) is 11.1 Å². The van der Waals surface area contributed by atoms with Gasteiger partial charge in [-0.15, -0.1) is 0 Å². The largest absolute Gasteiger partial charge is 0.504 e. The van der Waals surface area contributed by atoms with Crippen molar-refractivity contribution >= 4 is 0 Å². The second-order valence-electron chi connectivity index (χ2n) is 5.40. The highest BCUT2D eigenvalue weighted by molar-refractivity contribution is 5.43. The molecule has 0 saturated heterocycles. The van der Waals surface area contributed by atoms with Gasteiger partial charge in [0.25, 0.3) is 0 Å². The highest BCUT2D eigenvalue weighted by Gasteiger charge is 2.05. The third-order valence-electron chi connectivity index (χ3n) is 3.87. The number of aryl methyl sites for hydroxylation is 2. The van der Waals surface area contributed by atoms with Crippen LogP contribution in [0.3, 0.4) is 0 Å². The molecule has 0 heterocycles. The number of phenols is 1. The zero-order chi connectivity index (χ0) is 16.7. The van der Waals surface area contributed by atoms with Gasteiger partial charge in [-0.1, -0.05) is 12.1 Å². The first kappa shape index (κ1) is 17.0. The second kappa shape index (κ2) is 8.32. The molecule has 0 saturated carbocycles. The molecule has 4 nitrogen and oxygen atoms in total. The molecule has 23 heavy (non-hydrogen) atoms. The molecule has 0 spiro atoms. The average molecular weight is 316 g/mol. The molecule has 0 aromatic heterocycles. The van der Waals surface area contributed by atoms with E-state index in [0.717, 1.165) is 37.2 Å². The molecule has 0 bridgehead atoms. The minimum atomic E-state index is 0.182. The average Bonchev–Trinajstić information content (AvgIpc) is 2.59. The number of aromatic hydroxyl groups is 1. The van der Waals surface area contributed by atoms with Crippen molar-refractivity contribution in [1.82, 2.24) is 0 Å². The van der Waals surface area contributed by atoms with Gasteiger partial charge < -0.3 is 19.3 Å². The molecule has 2 aromatic carbocycles. The number of rotatable bonds is 8. The van der Waals surface area contributed by atoms with Gasteiger partial charge in [-0.3, -0.25) is 0 Å². The van der Waals surface area contributed by atoms with Crippen LogP contribution < -0.4 is 14.2 Å². The maximum Gasteiger partial charge on any atom is 0.160 e. The van der Waals surface area contributed by atoms with E-state index in [-0.39, 0.29) is 5.75 Å². The maximum absolute atomic E-state index is 9.60. The lowest BCUT2D eigenvalue weighted by Crippen LogP contribution is -1.94. The van der Waals surface area contributed by atoms with Crippen molar-refractivity contribution in [3.05, 3.63) is 47.5 Å². The van der Waals surface area contributed by atoms with Crippen molar-refractivity contribution in [1.29, 1.82) is 0 Å². The Morgan fingerprint density at radius 1 is 0.696 bits per heavy atom. The van der Waals surface area contributed by atoms with Crippen molar-refractivity contribution in [3.63, 3.8) is 0 Å². The number of methoxy groups -OCH3 is 3. The fourth-order valence-electron chi connectivity index (χ4n) is 2.57. The zero-order valence-electron chi connectivity index (χ0n) is 14.0. The van der Waals surface area contributed by atoms with Gasteiger partial charge in [0, 0.05) is 0 Å². The van der Waals surface area contributed by atoms with Crippen LogP contribution in [-0.2, 0) is 12.8 Å². The highest BCUT2D eigenvalue weighted by atomic mass is 16.5. The maximum atomic E-state index is 9.60. The van der Waals surface area contributed by atoms with Crippen LogP contribution in [0, 0.1) is 0 Å². The van der Waals surface area contributed by atoms with Gasteiger partial charge in [0.1, 0.15) is 0 Å². The molecule has 124 valence electrons. The second-order valence-corrected chi connectivity index (χ2v) is 5.40. The van der Waals surface area contributed by atoms with Gasteiger partial charge in [0.2, 0.25) is 0 Å². The quantitative estimate of drug-likeness (QED) is 0.748. The summed E-state index contributed by atoms with van der Waals surface area (Å²) >= 11 is 0. The predicted octanol–water partition coefficient (Wildman–Crippen LogP) is 3.98. The molecule has 0 atom stereocenters. The third-order valence-corrected chi connectivity index (χ3v) is 3.87. The van der Waals surface area contributed by atoms with Crippen LogP contribution in [0.2, 0.25) is 0 Å². The molecule has 0 amide bonds. The zero-order valence-corrected chi connectivity index (χ0v) is 14.0. The van der Waals surface area contributed by atoms with E-state index in [0.29, 0.717) is 5.75 Å². The Balaban J connectivity index is 1.86. The number of phenolic OH excluding ortho intramolecular Hbond substituents is 1. The van der Waals surface area contributed by atoms with Crippen LogP contribution in [0.5, 0.6) is 23.0 Å². The van der Waals surface area contributed by atoms with Gasteiger partial charge in [0.05, 0.1) is 21.3 Å². The van der Waals surface area contributed by atoms with E-state index >= 15 is 0 Å². The van der Waals surface area contributed by atoms with E-state index < -0.39 is 0 Å². The first-order valence-electron chi connectivity index (χ1n) is 7.74. The SMILES string of the molecule is COc1cc(CCCCc2ccc(OC)c(OC)c2)ccc1O. The highest BCUT2D eigenvalue weighted by Crippen LogP contribution is 2.29. The summed E-state index contributed by atoms with van der Waals surface area (Å²) in [5, 5.41) is 9.60. The van der Waals surface area contributed by atoms with E-state index in [1.807, 2.05) is 24.3 Å². The lowest BCUT2D eigenvalue weighted by Gasteiger charge is -2.10. The van der Waals surface area contributed by atoms with Crippen molar-refractivity contribution in [2.45, 2.75) is 25.7 Å². The Bertz CT molecular complexity index is 637. The van der Waals surface area contributed by atoms with Gasteiger partial charge in [-0.2, -0.15) is 0 Å². The molecule has 0 unspecified atom stereocenters. The summed E-state index contributed by atoms with van der Waals surface area (Å²) in [6.07, 6.45) is 4.11. The number of unbranched alkanes of at least 4 members (excludes halogenated alkanes) is 1. The summed E-state index contributed by atoms with van der Waals surface area (Å²) in [5.41, 5.74) is 2.41. The summed E-state index contributed by atoms with van der Waals surface area (Å²) < 4.78 is 15.7. The molecule has 1 N–H and O–H groups in total. The summed E-state index contributed by atoms with van der Waals surface area (Å²) in [5.74, 6) is 2.24. The van der Waals surface area contributed by atoms with Crippen molar-refractivity contribution in [2.24, 2.45) is 0 Å². The Kier molecular flexibility index (Phi) is 6.15. The molecule has 2 rings (SSSR count). The molecule has 0 fully saturated rings. The van der Waals surface area contributed by atoms with Crippen LogP contribution in [-0.4, -0.2) is 26.4 Å². The van der Waals surface area contributed by atoms with Crippen LogP contribution in [0.4, 0.5) is 0 Å². The molecule has 0 aliphatic rings. The Morgan fingerprint density at radius 2 is 1.22 bits per heavy atom. The topological polar surface area (TPSA) is 47.9 Å². The van der Waals surface area contributed by atoms with Crippen molar-refractivity contribution in [2.75, 3.05) is 21.3 Å². The van der Waals surface area contributed by atoms with Crippen molar-refractivity contribution < 1.29 is 19.3 Å². The standard InChI is InChI=1S/C19H24O4/c1-21-17-11-9-15(13-19(17)23-3)7-5-4-6-14-8-10-16(20)18(12-14)22-2/h8-13,20H,4-7H2,1-3H3. The Morgan fingerprint density at radius 3 is 1.78 bits per heavy atom. The number of ether oxygens (including phenoxy) is 3. The van der Waals surface area contributed by atoms with Crippen LogP contribution >= 0.6 is 0 Å². The molecule has 0 aliphatic carbocycles. The summed E-state index contributed by atoms with van der Waals surface area (Å²) in [7, 11) is 4.86. The lowest BCUT2D eigenvalue weighted by atomic mass is 10.0. The number of benzene rings is 2. The van der Waals surface area contributed by atoms with Crippen molar-refractivity contribution in [3.8, 4) is 23.0 Å². The Labute approximate surface area is 137 Å². The number of hydrogen-bond acceptors (Lipinski definition) is 4. The molecular formula is C19H24O4. The van der Waals surface area contributed by atoms with Gasteiger partial charge in [-0.25, -0.2) is 0 Å². The molecule has 4 heteroatoms. The monoisotopic (exact) mass is 316 g/mol. The van der Waals surface area contributed by atoms with Crippen LogP contribution in [0.1, 0.15) is 24.0 Å². The van der Waals surface area contributed by atoms with E-state index in [9.17, 15) is 5.11 Å². The van der Waals surface area contributed by atoms with E-state index in [1.54, 1.807) is 27.4 Å². The predicted molar refractivity (Wildman–Crippen MR) is 90.8 cm³/mol. The smallest absolute Gasteiger partial charge is 0.160 e. The van der Waals surface area contributed by atoms with Gasteiger partial charge in [-0.05, 0) is 61.1 Å². The molecule has 0 aliphatic heterocycles. The minimum absolute atomic E-state index is 0.182. The molecule has 0 radical (unpaired) electrons. The minimum Gasteiger partial charge on any atom is -0.504 e. The van der Waals surface area contributed by atoms with E-state index in [2.05, 4.69) is 6.07 Å². The number of hydrogen-bond donors (Lipinski definition) is 1. The fraction of sp³-hybridized carbons (Fsp3) is 0.368.